The van der Waals surface area contributed by atoms with Crippen molar-refractivity contribution in [3.63, 3.8) is 0 Å². The summed E-state index contributed by atoms with van der Waals surface area (Å²) in [6, 6.07) is 0.908. The van der Waals surface area contributed by atoms with Crippen molar-refractivity contribution in [3.05, 3.63) is 23.5 Å². The standard InChI is InChI=1S/C10H11F4NO/c1-7-5-8(10(12,13)14)9(6-15-7)16-4-2-3-11/h5-6H,2-4H2,1H3. The van der Waals surface area contributed by atoms with Crippen LogP contribution in [0.15, 0.2) is 12.3 Å². The summed E-state index contributed by atoms with van der Waals surface area (Å²) < 4.78 is 54.3. The third-order valence-electron chi connectivity index (χ3n) is 1.85. The van der Waals surface area contributed by atoms with Gasteiger partial charge in [0.2, 0.25) is 0 Å². The fraction of sp³-hybridized carbons (Fsp3) is 0.500. The molecular weight excluding hydrogens is 226 g/mol. The fourth-order valence-electron chi connectivity index (χ4n) is 1.12. The predicted octanol–water partition coefficient (Wildman–Crippen LogP) is 3.15. The smallest absolute Gasteiger partial charge is 0.420 e. The SMILES string of the molecule is Cc1cc(C(F)(F)F)c(OCCCF)cn1. The average Bonchev–Trinajstić information content (AvgIpc) is 2.19. The average molecular weight is 237 g/mol. The highest BCUT2D eigenvalue weighted by molar-refractivity contribution is 5.34. The first-order valence-corrected chi connectivity index (χ1v) is 4.67. The minimum Gasteiger partial charge on any atom is -0.491 e. The van der Waals surface area contributed by atoms with E-state index in [-0.39, 0.29) is 24.5 Å². The van der Waals surface area contributed by atoms with Gasteiger partial charge in [-0.2, -0.15) is 13.2 Å². The van der Waals surface area contributed by atoms with Crippen LogP contribution in [-0.2, 0) is 6.18 Å². The molecule has 90 valence electrons. The Morgan fingerprint density at radius 2 is 2.06 bits per heavy atom. The molecular formula is C10H11F4NO. The molecule has 0 N–H and O–H groups in total. The van der Waals surface area contributed by atoms with Gasteiger partial charge < -0.3 is 4.74 Å². The topological polar surface area (TPSA) is 22.1 Å². The molecule has 0 radical (unpaired) electrons. The van der Waals surface area contributed by atoms with Crippen molar-refractivity contribution in [3.8, 4) is 5.75 Å². The van der Waals surface area contributed by atoms with Gasteiger partial charge in [0, 0.05) is 12.1 Å². The highest BCUT2D eigenvalue weighted by Gasteiger charge is 2.34. The monoisotopic (exact) mass is 237 g/mol. The molecule has 1 rings (SSSR count). The molecule has 0 bridgehead atoms. The fourth-order valence-corrected chi connectivity index (χ4v) is 1.12. The summed E-state index contributed by atoms with van der Waals surface area (Å²) >= 11 is 0. The second-order valence-corrected chi connectivity index (χ2v) is 3.21. The van der Waals surface area contributed by atoms with Crippen LogP contribution in [0, 0.1) is 6.92 Å². The highest BCUT2D eigenvalue weighted by Crippen LogP contribution is 2.36. The van der Waals surface area contributed by atoms with Gasteiger partial charge in [0.25, 0.3) is 0 Å². The van der Waals surface area contributed by atoms with Gasteiger partial charge in [0.15, 0.2) is 0 Å². The molecule has 0 fully saturated rings. The maximum absolute atomic E-state index is 12.6. The number of hydrogen-bond donors (Lipinski definition) is 0. The van der Waals surface area contributed by atoms with Crippen LogP contribution in [0.4, 0.5) is 17.6 Å². The summed E-state index contributed by atoms with van der Waals surface area (Å²) in [6.07, 6.45) is -3.42. The lowest BCUT2D eigenvalue weighted by molar-refractivity contribution is -0.139. The molecule has 0 saturated heterocycles. The second-order valence-electron chi connectivity index (χ2n) is 3.21. The quantitative estimate of drug-likeness (QED) is 0.592. The molecule has 1 heterocycles. The zero-order valence-electron chi connectivity index (χ0n) is 8.64. The number of nitrogens with zero attached hydrogens (tertiary/aromatic N) is 1. The van der Waals surface area contributed by atoms with Gasteiger partial charge in [0.05, 0.1) is 19.5 Å². The third-order valence-corrected chi connectivity index (χ3v) is 1.85. The number of halogens is 4. The molecule has 1 aromatic rings. The number of pyridine rings is 1. The predicted molar refractivity (Wildman–Crippen MR) is 50.1 cm³/mol. The van der Waals surface area contributed by atoms with Gasteiger partial charge in [-0.05, 0) is 13.0 Å². The van der Waals surface area contributed by atoms with Crippen molar-refractivity contribution >= 4 is 0 Å². The Kier molecular flexibility index (Phi) is 4.09. The Hall–Kier alpha value is -1.33. The number of aryl methyl sites for hydroxylation is 1. The molecule has 0 saturated carbocycles. The number of aromatic nitrogens is 1. The van der Waals surface area contributed by atoms with Crippen molar-refractivity contribution in [2.75, 3.05) is 13.3 Å². The molecule has 0 aliphatic heterocycles. The van der Waals surface area contributed by atoms with Gasteiger partial charge in [0.1, 0.15) is 11.3 Å². The summed E-state index contributed by atoms with van der Waals surface area (Å²) in [5.74, 6) is -0.355. The molecule has 0 aromatic carbocycles. The van der Waals surface area contributed by atoms with E-state index in [0.29, 0.717) is 0 Å². The van der Waals surface area contributed by atoms with Crippen molar-refractivity contribution in [1.29, 1.82) is 0 Å². The van der Waals surface area contributed by atoms with E-state index in [1.807, 2.05) is 0 Å². The summed E-state index contributed by atoms with van der Waals surface area (Å²) in [4.78, 5) is 3.71. The number of alkyl halides is 4. The van der Waals surface area contributed by atoms with Crippen LogP contribution in [0.25, 0.3) is 0 Å². The Labute approximate surface area is 90.3 Å². The lowest BCUT2D eigenvalue weighted by Crippen LogP contribution is -2.10. The minimum absolute atomic E-state index is 0.0607. The van der Waals surface area contributed by atoms with Crippen molar-refractivity contribution in [2.45, 2.75) is 19.5 Å². The van der Waals surface area contributed by atoms with E-state index >= 15 is 0 Å². The maximum atomic E-state index is 12.6. The van der Waals surface area contributed by atoms with Crippen LogP contribution in [-0.4, -0.2) is 18.3 Å². The normalized spacial score (nSPS) is 11.6. The second kappa shape index (κ2) is 5.14. The largest absolute Gasteiger partial charge is 0.491 e. The Balaban J connectivity index is 2.90. The summed E-state index contributed by atoms with van der Waals surface area (Å²) in [5, 5.41) is 0. The third kappa shape index (κ3) is 3.36. The number of ether oxygens (including phenoxy) is 1. The molecule has 1 aromatic heterocycles. The maximum Gasteiger partial charge on any atom is 0.420 e. The van der Waals surface area contributed by atoms with Crippen LogP contribution >= 0.6 is 0 Å². The Morgan fingerprint density at radius 3 is 2.62 bits per heavy atom. The van der Waals surface area contributed by atoms with E-state index in [4.69, 9.17) is 4.74 Å². The molecule has 0 amide bonds. The van der Waals surface area contributed by atoms with Crippen molar-refractivity contribution < 1.29 is 22.3 Å². The molecule has 6 heteroatoms. The number of rotatable bonds is 4. The van der Waals surface area contributed by atoms with Gasteiger partial charge in [-0.3, -0.25) is 9.37 Å². The van der Waals surface area contributed by atoms with Gasteiger partial charge >= 0.3 is 6.18 Å². The zero-order valence-corrected chi connectivity index (χ0v) is 8.64. The molecule has 2 nitrogen and oxygen atoms in total. The van der Waals surface area contributed by atoms with E-state index in [2.05, 4.69) is 4.98 Å². The Morgan fingerprint density at radius 1 is 1.38 bits per heavy atom. The molecule has 0 unspecified atom stereocenters. The first-order valence-electron chi connectivity index (χ1n) is 4.67. The molecule has 0 atom stereocenters. The lowest BCUT2D eigenvalue weighted by atomic mass is 10.2. The van der Waals surface area contributed by atoms with Crippen LogP contribution < -0.4 is 4.74 Å². The Bertz CT molecular complexity index is 351. The van der Waals surface area contributed by atoms with Gasteiger partial charge in [-0.15, -0.1) is 0 Å². The zero-order chi connectivity index (χ0) is 12.2. The first kappa shape index (κ1) is 12.7. The molecule has 16 heavy (non-hydrogen) atoms. The van der Waals surface area contributed by atoms with Gasteiger partial charge in [-0.1, -0.05) is 0 Å². The molecule has 0 aliphatic rings. The molecule has 0 spiro atoms. The first-order chi connectivity index (χ1) is 7.45. The lowest BCUT2D eigenvalue weighted by Gasteiger charge is -2.13. The van der Waals surface area contributed by atoms with E-state index in [9.17, 15) is 17.6 Å². The van der Waals surface area contributed by atoms with Gasteiger partial charge in [-0.25, -0.2) is 0 Å². The van der Waals surface area contributed by atoms with Crippen LogP contribution in [0.2, 0.25) is 0 Å². The van der Waals surface area contributed by atoms with Crippen LogP contribution in [0.3, 0.4) is 0 Å². The van der Waals surface area contributed by atoms with Crippen molar-refractivity contribution in [1.82, 2.24) is 4.98 Å². The van der Waals surface area contributed by atoms with E-state index in [1.54, 1.807) is 0 Å². The summed E-state index contributed by atoms with van der Waals surface area (Å²) in [6.45, 7) is 0.742. The summed E-state index contributed by atoms with van der Waals surface area (Å²) in [7, 11) is 0. The highest BCUT2D eigenvalue weighted by atomic mass is 19.4. The molecule has 0 aliphatic carbocycles. The van der Waals surface area contributed by atoms with E-state index in [0.717, 1.165) is 12.3 Å². The van der Waals surface area contributed by atoms with Crippen molar-refractivity contribution in [2.24, 2.45) is 0 Å². The number of hydrogen-bond acceptors (Lipinski definition) is 2. The van der Waals surface area contributed by atoms with Crippen LogP contribution in [0.5, 0.6) is 5.75 Å². The van der Waals surface area contributed by atoms with Crippen LogP contribution in [0.1, 0.15) is 17.7 Å². The van der Waals surface area contributed by atoms with E-state index in [1.165, 1.54) is 6.92 Å². The summed E-state index contributed by atoms with van der Waals surface area (Å²) in [5.41, 5.74) is -0.621. The minimum atomic E-state index is -4.49. The van der Waals surface area contributed by atoms with E-state index < -0.39 is 18.4 Å².